The molecule has 0 radical (unpaired) electrons. The molecular formula is C20H34N4O10S. The lowest BCUT2D eigenvalue weighted by molar-refractivity contribution is -0.156. The predicted octanol–water partition coefficient (Wildman–Crippen LogP) is -2.21. The number of carboxylic acid groups (broad SMARTS) is 2. The molecular weight excluding hydrogens is 488 g/mol. The number of esters is 1. The van der Waals surface area contributed by atoms with Gasteiger partial charge >= 0.3 is 17.9 Å². The maximum absolute atomic E-state index is 12.2. The predicted molar refractivity (Wildman–Crippen MR) is 124 cm³/mol. The Labute approximate surface area is 206 Å². The second-order valence-electron chi connectivity index (χ2n) is 8.30. The van der Waals surface area contributed by atoms with E-state index in [-0.39, 0.29) is 43.2 Å². The number of aliphatic hydroxyl groups excluding tert-OH is 1. The van der Waals surface area contributed by atoms with E-state index >= 15 is 0 Å². The molecule has 0 fully saturated rings. The fourth-order valence-corrected chi connectivity index (χ4v) is 3.07. The van der Waals surface area contributed by atoms with Gasteiger partial charge in [-0.2, -0.15) is 0 Å². The third-order valence-corrected chi connectivity index (χ3v) is 5.52. The number of amides is 2. The van der Waals surface area contributed by atoms with E-state index in [0.29, 0.717) is 0 Å². The number of carbonyl (C=O) groups excluding carboxylic acids is 4. The molecule has 0 aromatic rings. The van der Waals surface area contributed by atoms with Crippen LogP contribution in [0.3, 0.4) is 0 Å². The average molecular weight is 523 g/mol. The first-order chi connectivity index (χ1) is 16.2. The molecule has 3 atom stereocenters. The molecule has 0 aliphatic heterocycles. The summed E-state index contributed by atoms with van der Waals surface area (Å²) in [7, 11) is 0. The second-order valence-corrected chi connectivity index (χ2v) is 9.45. The van der Waals surface area contributed by atoms with E-state index in [1.165, 1.54) is 13.8 Å². The number of nitrogens with two attached hydrogens (primary N) is 2. The molecule has 35 heavy (non-hydrogen) atoms. The zero-order chi connectivity index (χ0) is 27.2. The first-order valence-electron chi connectivity index (χ1n) is 10.7. The smallest absolute Gasteiger partial charge is 0.323 e. The molecule has 14 nitrogen and oxygen atoms in total. The number of ether oxygens (including phenoxy) is 1. The highest BCUT2D eigenvalue weighted by Gasteiger charge is 2.35. The van der Waals surface area contributed by atoms with Gasteiger partial charge in [-0.15, -0.1) is 0 Å². The summed E-state index contributed by atoms with van der Waals surface area (Å²) >= 11 is 0.941. The van der Waals surface area contributed by atoms with Gasteiger partial charge in [0, 0.05) is 37.1 Å². The Morgan fingerprint density at radius 2 is 1.60 bits per heavy atom. The molecule has 0 unspecified atom stereocenters. The van der Waals surface area contributed by atoms with Gasteiger partial charge in [-0.1, -0.05) is 25.6 Å². The standard InChI is InChI=1S/C20H34N4O10S/c1-20(2,10-34-19(33)12(22)9-14(26)27)16(29)17(30)24-6-5-13(25)23-7-8-35-15(28)4-3-11(21)18(31)32/h11-12,16,29H,3-10,21-22H2,1-2H3,(H,23,25)(H,24,30)(H,26,27)(H,31,32)/t11-,12-,16-/m0/s1. The summed E-state index contributed by atoms with van der Waals surface area (Å²) in [6.45, 7) is 2.61. The Hall–Kier alpha value is -2.75. The van der Waals surface area contributed by atoms with Crippen molar-refractivity contribution in [1.82, 2.24) is 10.6 Å². The third-order valence-electron chi connectivity index (χ3n) is 4.59. The molecule has 0 aromatic carbocycles. The van der Waals surface area contributed by atoms with Crippen molar-refractivity contribution in [3.05, 3.63) is 0 Å². The molecule has 9 N–H and O–H groups in total. The van der Waals surface area contributed by atoms with Crippen LogP contribution in [0.15, 0.2) is 0 Å². The average Bonchev–Trinajstić information content (AvgIpc) is 2.77. The number of thioether (sulfide) groups is 1. The monoisotopic (exact) mass is 522 g/mol. The number of rotatable bonds is 17. The van der Waals surface area contributed by atoms with Crippen LogP contribution in [0.2, 0.25) is 0 Å². The largest absolute Gasteiger partial charge is 0.481 e. The minimum absolute atomic E-state index is 0.00508. The van der Waals surface area contributed by atoms with Crippen LogP contribution in [0, 0.1) is 5.41 Å². The molecule has 200 valence electrons. The second kappa shape index (κ2) is 16.0. The van der Waals surface area contributed by atoms with Crippen LogP contribution in [-0.4, -0.2) is 93.8 Å². The molecule has 15 heteroatoms. The third kappa shape index (κ3) is 14.3. The van der Waals surface area contributed by atoms with Gasteiger partial charge in [-0.05, 0) is 6.42 Å². The maximum Gasteiger partial charge on any atom is 0.323 e. The van der Waals surface area contributed by atoms with Gasteiger partial charge in [-0.3, -0.25) is 28.8 Å². The van der Waals surface area contributed by atoms with Crippen molar-refractivity contribution in [1.29, 1.82) is 0 Å². The highest BCUT2D eigenvalue weighted by molar-refractivity contribution is 8.13. The van der Waals surface area contributed by atoms with Crippen LogP contribution in [0.25, 0.3) is 0 Å². The molecule has 0 saturated carbocycles. The molecule has 0 aromatic heterocycles. The first kappa shape index (κ1) is 32.2. The Morgan fingerprint density at radius 1 is 0.971 bits per heavy atom. The fourth-order valence-electron chi connectivity index (χ4n) is 2.38. The summed E-state index contributed by atoms with van der Waals surface area (Å²) in [5.74, 6) is -4.35. The number of aliphatic hydroxyl groups is 1. The number of carboxylic acids is 2. The lowest BCUT2D eigenvalue weighted by Crippen LogP contribution is -2.47. The number of hydrogen-bond donors (Lipinski definition) is 7. The SMILES string of the molecule is CC(C)(COC(=O)[C@@H](N)CC(=O)O)[C@@H](O)C(=O)NCCC(=O)NCCSC(=O)CC[C@H](N)C(=O)O. The normalized spacial score (nSPS) is 13.7. The van der Waals surface area contributed by atoms with E-state index in [1.54, 1.807) is 0 Å². The van der Waals surface area contributed by atoms with Gasteiger partial charge in [0.25, 0.3) is 0 Å². The summed E-state index contributed by atoms with van der Waals surface area (Å²) in [6.07, 6.45) is -2.28. The number of nitrogens with one attached hydrogen (secondary N) is 2. The van der Waals surface area contributed by atoms with Crippen molar-refractivity contribution in [3.8, 4) is 0 Å². The lowest BCUT2D eigenvalue weighted by atomic mass is 9.87. The van der Waals surface area contributed by atoms with Crippen LogP contribution in [-0.2, 0) is 33.5 Å². The number of carbonyl (C=O) groups is 6. The quantitative estimate of drug-likeness (QED) is 0.0791. The van der Waals surface area contributed by atoms with E-state index in [2.05, 4.69) is 10.6 Å². The Morgan fingerprint density at radius 3 is 2.17 bits per heavy atom. The van der Waals surface area contributed by atoms with Crippen molar-refractivity contribution < 1.29 is 48.8 Å². The Kier molecular flexibility index (Phi) is 14.8. The minimum Gasteiger partial charge on any atom is -0.481 e. The van der Waals surface area contributed by atoms with E-state index in [1.807, 2.05) is 0 Å². The van der Waals surface area contributed by atoms with Gasteiger partial charge in [-0.25, -0.2) is 0 Å². The van der Waals surface area contributed by atoms with Crippen LogP contribution < -0.4 is 22.1 Å². The molecule has 2 amide bonds. The molecule has 0 bridgehead atoms. The topological polar surface area (TPSA) is 248 Å². The Bertz CT molecular complexity index is 777. The maximum atomic E-state index is 12.2. The minimum atomic E-state index is -1.59. The molecule has 0 spiro atoms. The number of hydrogen-bond acceptors (Lipinski definition) is 11. The zero-order valence-electron chi connectivity index (χ0n) is 19.7. The molecule has 0 rings (SSSR count). The van der Waals surface area contributed by atoms with Gasteiger partial charge in [0.05, 0.1) is 13.0 Å². The van der Waals surface area contributed by atoms with E-state index in [0.717, 1.165) is 11.8 Å². The van der Waals surface area contributed by atoms with Gasteiger partial charge in [0.2, 0.25) is 11.8 Å². The highest BCUT2D eigenvalue weighted by atomic mass is 32.2. The van der Waals surface area contributed by atoms with Crippen molar-refractivity contribution in [2.75, 3.05) is 25.4 Å². The van der Waals surface area contributed by atoms with E-state index < -0.39 is 66.4 Å². The summed E-state index contributed by atoms with van der Waals surface area (Å²) in [5, 5.41) is 32.2. The molecule has 0 aliphatic rings. The van der Waals surface area contributed by atoms with Crippen LogP contribution in [0.5, 0.6) is 0 Å². The van der Waals surface area contributed by atoms with Crippen LogP contribution in [0.4, 0.5) is 0 Å². The fraction of sp³-hybridized carbons (Fsp3) is 0.700. The summed E-state index contributed by atoms with van der Waals surface area (Å²) in [5.41, 5.74) is 9.49. The number of aliphatic carboxylic acids is 2. The van der Waals surface area contributed by atoms with Crippen molar-refractivity contribution in [2.45, 2.75) is 57.7 Å². The first-order valence-corrected chi connectivity index (χ1v) is 11.7. The lowest BCUT2D eigenvalue weighted by Gasteiger charge is -2.29. The van der Waals surface area contributed by atoms with E-state index in [9.17, 15) is 33.9 Å². The zero-order valence-corrected chi connectivity index (χ0v) is 20.5. The van der Waals surface area contributed by atoms with Gasteiger partial charge in [0.15, 0.2) is 5.12 Å². The summed E-state index contributed by atoms with van der Waals surface area (Å²) < 4.78 is 4.90. The highest BCUT2D eigenvalue weighted by Crippen LogP contribution is 2.21. The van der Waals surface area contributed by atoms with Crippen LogP contribution in [0.1, 0.15) is 39.5 Å². The van der Waals surface area contributed by atoms with Crippen molar-refractivity contribution in [3.63, 3.8) is 0 Å². The molecule has 0 aliphatic carbocycles. The van der Waals surface area contributed by atoms with Crippen LogP contribution >= 0.6 is 11.8 Å². The van der Waals surface area contributed by atoms with Gasteiger partial charge < -0.3 is 42.2 Å². The van der Waals surface area contributed by atoms with Crippen molar-refractivity contribution >= 4 is 46.6 Å². The van der Waals surface area contributed by atoms with Gasteiger partial charge in [0.1, 0.15) is 18.2 Å². The van der Waals surface area contributed by atoms with Crippen molar-refractivity contribution in [2.24, 2.45) is 16.9 Å². The molecule has 0 heterocycles. The van der Waals surface area contributed by atoms with E-state index in [4.69, 9.17) is 26.4 Å². The summed E-state index contributed by atoms with van der Waals surface area (Å²) in [6, 6.07) is -2.48. The molecule has 0 saturated heterocycles. The Balaban J connectivity index is 4.18. The summed E-state index contributed by atoms with van der Waals surface area (Å²) in [4.78, 5) is 68.5.